The predicted octanol–water partition coefficient (Wildman–Crippen LogP) is 9.40. The van der Waals surface area contributed by atoms with Gasteiger partial charge in [-0.2, -0.15) is 0 Å². The second-order valence-corrected chi connectivity index (χ2v) is 14.6. The normalized spacial score (nSPS) is 24.8. The van der Waals surface area contributed by atoms with E-state index >= 15 is 0 Å². The first-order valence-electron chi connectivity index (χ1n) is 16.8. The molecule has 4 nitrogen and oxygen atoms in total. The molecule has 0 aromatic heterocycles. The third-order valence-electron chi connectivity index (χ3n) is 10.2. The Morgan fingerprint density at radius 2 is 0.900 bits per heavy atom. The van der Waals surface area contributed by atoms with Crippen molar-refractivity contribution in [2.24, 2.45) is 0 Å². The quantitative estimate of drug-likeness (QED) is 0.279. The van der Waals surface area contributed by atoms with E-state index in [1.165, 1.54) is 68.9 Å². The summed E-state index contributed by atoms with van der Waals surface area (Å²) in [5.74, 6) is 0.395. The lowest BCUT2D eigenvalue weighted by molar-refractivity contribution is -0.0976. The van der Waals surface area contributed by atoms with Gasteiger partial charge in [-0.05, 0) is 116 Å². The molecular formula is C36H60O4. The molecule has 0 radical (unpaired) electrons. The zero-order valence-electron chi connectivity index (χ0n) is 26.8. The van der Waals surface area contributed by atoms with Gasteiger partial charge in [0.2, 0.25) is 0 Å². The lowest BCUT2D eigenvalue weighted by atomic mass is 9.85. The van der Waals surface area contributed by atoms with Crippen LogP contribution >= 0.6 is 0 Å². The van der Waals surface area contributed by atoms with Crippen molar-refractivity contribution >= 4 is 0 Å². The van der Waals surface area contributed by atoms with Crippen LogP contribution < -0.4 is 0 Å². The Morgan fingerprint density at radius 3 is 1.30 bits per heavy atom. The topological polar surface area (TPSA) is 47.9 Å². The molecule has 1 aromatic rings. The number of ether oxygens (including phenoxy) is 3. The van der Waals surface area contributed by atoms with Gasteiger partial charge in [-0.15, -0.1) is 0 Å². The number of benzene rings is 1. The average Bonchev–Trinajstić information content (AvgIpc) is 2.88. The number of aromatic hydroxyl groups is 1. The van der Waals surface area contributed by atoms with Gasteiger partial charge in [0.1, 0.15) is 5.75 Å². The minimum atomic E-state index is -0.0468. The molecule has 3 unspecified atom stereocenters. The maximum absolute atomic E-state index is 11.2. The molecular weight excluding hydrogens is 496 g/mol. The summed E-state index contributed by atoms with van der Waals surface area (Å²) in [4.78, 5) is 0. The van der Waals surface area contributed by atoms with Crippen LogP contribution in [0.1, 0.15) is 155 Å². The summed E-state index contributed by atoms with van der Waals surface area (Å²) in [7, 11) is 0. The Kier molecular flexibility index (Phi) is 11.1. The van der Waals surface area contributed by atoms with Crippen LogP contribution in [-0.2, 0) is 33.5 Å². The highest BCUT2D eigenvalue weighted by Crippen LogP contribution is 2.37. The molecule has 3 aliphatic carbocycles. The summed E-state index contributed by atoms with van der Waals surface area (Å²) >= 11 is 0. The minimum absolute atomic E-state index is 0.0125. The maximum Gasteiger partial charge on any atom is 0.119 e. The van der Waals surface area contributed by atoms with E-state index in [1.807, 2.05) is 6.07 Å². The van der Waals surface area contributed by atoms with E-state index in [9.17, 15) is 5.11 Å². The van der Waals surface area contributed by atoms with Crippen LogP contribution in [0, 0.1) is 0 Å². The van der Waals surface area contributed by atoms with Crippen molar-refractivity contribution in [3.63, 3.8) is 0 Å². The van der Waals surface area contributed by atoms with Crippen molar-refractivity contribution in [2.45, 2.75) is 192 Å². The van der Waals surface area contributed by atoms with Crippen LogP contribution in [0.3, 0.4) is 0 Å². The molecule has 4 rings (SSSR count). The fourth-order valence-corrected chi connectivity index (χ4v) is 8.12. The highest BCUT2D eigenvalue weighted by atomic mass is 16.5. The van der Waals surface area contributed by atoms with Gasteiger partial charge in [0.15, 0.2) is 0 Å². The lowest BCUT2D eigenvalue weighted by Gasteiger charge is -2.38. The summed E-state index contributed by atoms with van der Waals surface area (Å²) in [6.45, 7) is 13.5. The first kappa shape index (κ1) is 31.8. The highest BCUT2D eigenvalue weighted by molar-refractivity contribution is 5.45. The van der Waals surface area contributed by atoms with E-state index in [0.717, 1.165) is 63.4 Å². The molecule has 0 heterocycles. The Hall–Kier alpha value is -1.10. The van der Waals surface area contributed by atoms with Crippen molar-refractivity contribution in [1.82, 2.24) is 0 Å². The molecule has 1 N–H and O–H groups in total. The summed E-state index contributed by atoms with van der Waals surface area (Å²) in [6.07, 6.45) is 21.0. The van der Waals surface area contributed by atoms with Gasteiger partial charge in [0, 0.05) is 6.42 Å². The van der Waals surface area contributed by atoms with Crippen LogP contribution in [0.2, 0.25) is 0 Å². The lowest BCUT2D eigenvalue weighted by Crippen LogP contribution is -2.37. The van der Waals surface area contributed by atoms with Crippen molar-refractivity contribution in [3.8, 4) is 5.75 Å². The Morgan fingerprint density at radius 1 is 0.550 bits per heavy atom. The van der Waals surface area contributed by atoms with Gasteiger partial charge in [-0.25, -0.2) is 0 Å². The second kappa shape index (κ2) is 13.9. The fraction of sp³-hybridized carbons (Fsp3) is 0.833. The molecule has 3 atom stereocenters. The van der Waals surface area contributed by atoms with E-state index in [-0.39, 0.29) is 35.1 Å². The Labute approximate surface area is 245 Å². The number of phenolic OH excluding ortho intramolecular Hbond substituents is 1. The molecule has 3 saturated carbocycles. The number of rotatable bonds is 12. The minimum Gasteiger partial charge on any atom is -0.508 e. The summed E-state index contributed by atoms with van der Waals surface area (Å²) in [5.41, 5.74) is 3.49. The molecule has 0 aliphatic heterocycles. The van der Waals surface area contributed by atoms with E-state index in [1.54, 1.807) is 0 Å². The first-order chi connectivity index (χ1) is 19.0. The molecule has 228 valence electrons. The highest BCUT2D eigenvalue weighted by Gasteiger charge is 2.33. The standard InChI is InChI=1S/C36H60O4/c1-27(38-34(4)18-10-7-11-19-34)24-30-16-17-33(37)32(26-29(3)40-36(6)22-14-9-15-23-36)31(30)25-28(2)39-35(5)20-12-8-13-21-35/h16-17,27-29,37H,7-15,18-26H2,1-6H3. The van der Waals surface area contributed by atoms with Crippen LogP contribution in [0.15, 0.2) is 12.1 Å². The molecule has 4 heteroatoms. The maximum atomic E-state index is 11.2. The predicted molar refractivity (Wildman–Crippen MR) is 165 cm³/mol. The zero-order chi connectivity index (χ0) is 28.8. The van der Waals surface area contributed by atoms with Crippen molar-refractivity contribution < 1.29 is 19.3 Å². The molecule has 0 bridgehead atoms. The van der Waals surface area contributed by atoms with Crippen LogP contribution in [0.25, 0.3) is 0 Å². The van der Waals surface area contributed by atoms with Gasteiger partial charge in [0.05, 0.1) is 35.1 Å². The fourth-order valence-electron chi connectivity index (χ4n) is 8.12. The largest absolute Gasteiger partial charge is 0.508 e. The van der Waals surface area contributed by atoms with E-state index in [4.69, 9.17) is 14.2 Å². The molecule has 40 heavy (non-hydrogen) atoms. The van der Waals surface area contributed by atoms with E-state index in [2.05, 4.69) is 47.6 Å². The number of hydrogen-bond donors (Lipinski definition) is 1. The van der Waals surface area contributed by atoms with Gasteiger partial charge in [-0.1, -0.05) is 63.9 Å². The zero-order valence-corrected chi connectivity index (χ0v) is 26.8. The van der Waals surface area contributed by atoms with Gasteiger partial charge >= 0.3 is 0 Å². The summed E-state index contributed by atoms with van der Waals surface area (Å²) < 4.78 is 20.2. The van der Waals surface area contributed by atoms with Crippen molar-refractivity contribution in [2.75, 3.05) is 0 Å². The number of phenols is 1. The molecule has 1 aromatic carbocycles. The van der Waals surface area contributed by atoms with Crippen molar-refractivity contribution in [1.29, 1.82) is 0 Å². The van der Waals surface area contributed by atoms with Crippen LogP contribution in [0.4, 0.5) is 0 Å². The Bertz CT molecular complexity index is 921. The van der Waals surface area contributed by atoms with Crippen molar-refractivity contribution in [3.05, 3.63) is 28.8 Å². The summed E-state index contributed by atoms with van der Waals surface area (Å²) in [5, 5.41) is 11.2. The smallest absolute Gasteiger partial charge is 0.119 e. The Balaban J connectivity index is 1.54. The third-order valence-corrected chi connectivity index (χ3v) is 10.2. The molecule has 0 amide bonds. The molecule has 3 aliphatic rings. The average molecular weight is 557 g/mol. The summed E-state index contributed by atoms with van der Waals surface area (Å²) in [6, 6.07) is 4.05. The molecule has 0 spiro atoms. The second-order valence-electron chi connectivity index (χ2n) is 14.6. The number of hydrogen-bond acceptors (Lipinski definition) is 4. The monoisotopic (exact) mass is 556 g/mol. The van der Waals surface area contributed by atoms with Crippen LogP contribution in [-0.4, -0.2) is 40.2 Å². The third kappa shape index (κ3) is 8.95. The van der Waals surface area contributed by atoms with Gasteiger partial charge in [-0.3, -0.25) is 0 Å². The van der Waals surface area contributed by atoms with E-state index < -0.39 is 0 Å². The van der Waals surface area contributed by atoms with Gasteiger partial charge < -0.3 is 19.3 Å². The molecule has 3 fully saturated rings. The SMILES string of the molecule is CC(Cc1ccc(O)c(CC(C)OC2(C)CCCCC2)c1CC(C)OC1(C)CCCCC1)OC1(C)CCCCC1. The molecule has 0 saturated heterocycles. The first-order valence-corrected chi connectivity index (χ1v) is 16.8. The van der Waals surface area contributed by atoms with E-state index in [0.29, 0.717) is 5.75 Å². The van der Waals surface area contributed by atoms with Gasteiger partial charge in [0.25, 0.3) is 0 Å². The van der Waals surface area contributed by atoms with Crippen LogP contribution in [0.5, 0.6) is 5.75 Å².